The van der Waals surface area contributed by atoms with E-state index < -0.39 is 24.1 Å². The molecule has 7 heteroatoms. The van der Waals surface area contributed by atoms with Crippen LogP contribution >= 0.6 is 0 Å². The Balaban J connectivity index is 1.44. The summed E-state index contributed by atoms with van der Waals surface area (Å²) < 4.78 is 31.5. The van der Waals surface area contributed by atoms with E-state index >= 15 is 0 Å². The second-order valence-electron chi connectivity index (χ2n) is 8.78. The molecule has 0 unspecified atom stereocenters. The molecule has 0 bridgehead atoms. The zero-order valence-electron chi connectivity index (χ0n) is 19.7. The fraction of sp³-hybridized carbons (Fsp3) is 0.286. The molecule has 4 rings (SSSR count). The van der Waals surface area contributed by atoms with E-state index in [0.29, 0.717) is 16.9 Å². The Morgan fingerprint density at radius 1 is 1.06 bits per heavy atom. The van der Waals surface area contributed by atoms with Gasteiger partial charge in [-0.05, 0) is 23.6 Å². The van der Waals surface area contributed by atoms with Gasteiger partial charge in [0.1, 0.15) is 24.2 Å². The molecule has 35 heavy (non-hydrogen) atoms. The van der Waals surface area contributed by atoms with Gasteiger partial charge in [-0.1, -0.05) is 74.5 Å². The zero-order valence-corrected chi connectivity index (χ0v) is 19.7. The van der Waals surface area contributed by atoms with Crippen molar-refractivity contribution < 1.29 is 28.2 Å². The van der Waals surface area contributed by atoms with E-state index in [1.807, 2.05) is 74.5 Å². The number of carbonyl (C=O) groups excluding carboxylic acids is 2. The molecule has 1 N–H and O–H groups in total. The number of amides is 1. The fourth-order valence-electron chi connectivity index (χ4n) is 3.90. The van der Waals surface area contributed by atoms with Gasteiger partial charge in [-0.15, -0.1) is 0 Å². The summed E-state index contributed by atoms with van der Waals surface area (Å²) in [7, 11) is 0. The topological polar surface area (TPSA) is 73.9 Å². The number of ether oxygens (including phenoxy) is 3. The first-order valence-corrected chi connectivity index (χ1v) is 11.5. The Morgan fingerprint density at radius 3 is 2.43 bits per heavy atom. The first-order valence-electron chi connectivity index (χ1n) is 11.5. The van der Waals surface area contributed by atoms with Gasteiger partial charge in [0.2, 0.25) is 12.2 Å². The number of rotatable bonds is 8. The van der Waals surface area contributed by atoms with Crippen LogP contribution in [-0.4, -0.2) is 17.9 Å². The molecule has 0 saturated carbocycles. The lowest BCUT2D eigenvalue weighted by Crippen LogP contribution is -2.45. The summed E-state index contributed by atoms with van der Waals surface area (Å²) >= 11 is 0. The van der Waals surface area contributed by atoms with E-state index in [0.717, 1.165) is 11.1 Å². The highest BCUT2D eigenvalue weighted by molar-refractivity contribution is 5.85. The molecule has 1 heterocycles. The third-order valence-electron chi connectivity index (χ3n) is 5.71. The zero-order chi connectivity index (χ0) is 24.8. The van der Waals surface area contributed by atoms with Crippen LogP contribution in [0, 0.1) is 11.7 Å². The molecule has 3 aromatic carbocycles. The number of esters is 1. The lowest BCUT2D eigenvalue weighted by Gasteiger charge is -2.28. The summed E-state index contributed by atoms with van der Waals surface area (Å²) in [6.45, 7) is 3.61. The van der Waals surface area contributed by atoms with Gasteiger partial charge in [0.15, 0.2) is 0 Å². The highest BCUT2D eigenvalue weighted by atomic mass is 19.1. The van der Waals surface area contributed by atoms with Gasteiger partial charge in [0.25, 0.3) is 0 Å². The van der Waals surface area contributed by atoms with Crippen LogP contribution in [0.3, 0.4) is 0 Å². The fourth-order valence-corrected chi connectivity index (χ4v) is 3.90. The van der Waals surface area contributed by atoms with Crippen molar-refractivity contribution in [3.8, 4) is 5.75 Å². The maximum Gasteiger partial charge on any atom is 0.329 e. The van der Waals surface area contributed by atoms with Crippen LogP contribution in [0.2, 0.25) is 0 Å². The predicted octanol–water partition coefficient (Wildman–Crippen LogP) is 4.86. The van der Waals surface area contributed by atoms with Gasteiger partial charge < -0.3 is 19.5 Å². The molecule has 0 saturated heterocycles. The highest BCUT2D eigenvalue weighted by Gasteiger charge is 2.28. The lowest BCUT2D eigenvalue weighted by atomic mass is 10.0. The average Bonchev–Trinajstić information content (AvgIpc) is 2.86. The number of halogens is 1. The summed E-state index contributed by atoms with van der Waals surface area (Å²) in [5.41, 5.74) is 2.61. The lowest BCUT2D eigenvalue weighted by molar-refractivity contribution is -0.150. The van der Waals surface area contributed by atoms with Gasteiger partial charge in [-0.2, -0.15) is 0 Å². The minimum absolute atomic E-state index is 0.156. The molecule has 0 fully saturated rings. The molecule has 1 aliphatic heterocycles. The first-order chi connectivity index (χ1) is 16.9. The molecular weight excluding hydrogens is 449 g/mol. The summed E-state index contributed by atoms with van der Waals surface area (Å²) in [5.74, 6) is -1.10. The van der Waals surface area contributed by atoms with Gasteiger partial charge in [-0.3, -0.25) is 4.79 Å². The van der Waals surface area contributed by atoms with Crippen LogP contribution in [-0.2, 0) is 38.7 Å². The van der Waals surface area contributed by atoms with Crippen LogP contribution in [0.15, 0.2) is 72.8 Å². The van der Waals surface area contributed by atoms with Crippen molar-refractivity contribution in [3.05, 3.63) is 101 Å². The normalized spacial score (nSPS) is 15.6. The van der Waals surface area contributed by atoms with Crippen molar-refractivity contribution in [2.75, 3.05) is 0 Å². The molecule has 3 aromatic rings. The van der Waals surface area contributed by atoms with E-state index in [2.05, 4.69) is 5.32 Å². The largest absolute Gasteiger partial charge is 0.460 e. The predicted molar refractivity (Wildman–Crippen MR) is 128 cm³/mol. The second-order valence-corrected chi connectivity index (χ2v) is 8.78. The van der Waals surface area contributed by atoms with Gasteiger partial charge in [0.05, 0.1) is 13.0 Å². The third-order valence-corrected chi connectivity index (χ3v) is 5.71. The Morgan fingerprint density at radius 2 is 1.74 bits per heavy atom. The molecule has 0 aliphatic carbocycles. The van der Waals surface area contributed by atoms with Gasteiger partial charge >= 0.3 is 5.97 Å². The van der Waals surface area contributed by atoms with Crippen molar-refractivity contribution in [1.82, 2.24) is 5.32 Å². The monoisotopic (exact) mass is 477 g/mol. The smallest absolute Gasteiger partial charge is 0.329 e. The van der Waals surface area contributed by atoms with E-state index in [-0.39, 0.29) is 31.5 Å². The van der Waals surface area contributed by atoms with Crippen LogP contribution < -0.4 is 10.1 Å². The maximum absolute atomic E-state index is 14.3. The van der Waals surface area contributed by atoms with E-state index in [1.54, 1.807) is 0 Å². The van der Waals surface area contributed by atoms with E-state index in [1.165, 1.54) is 12.1 Å². The number of carbonyl (C=O) groups is 2. The Kier molecular flexibility index (Phi) is 7.77. The molecule has 182 valence electrons. The van der Waals surface area contributed by atoms with Crippen LogP contribution in [0.1, 0.15) is 42.4 Å². The Labute approximate surface area is 204 Å². The Hall–Kier alpha value is -3.71. The van der Waals surface area contributed by atoms with Crippen molar-refractivity contribution >= 4 is 11.9 Å². The number of fused-ring (bicyclic) bond motifs is 1. The minimum atomic E-state index is -0.836. The summed E-state index contributed by atoms with van der Waals surface area (Å²) in [4.78, 5) is 25.4. The highest BCUT2D eigenvalue weighted by Crippen LogP contribution is 2.36. The molecular formula is C28H28FNO5. The van der Waals surface area contributed by atoms with Crippen molar-refractivity contribution in [2.24, 2.45) is 5.92 Å². The molecule has 1 aliphatic rings. The van der Waals surface area contributed by atoms with Crippen molar-refractivity contribution in [3.63, 3.8) is 0 Å². The summed E-state index contributed by atoms with van der Waals surface area (Å²) in [5, 5.41) is 2.76. The quantitative estimate of drug-likeness (QED) is 0.469. The number of nitrogens with one attached hydrogen (secondary N) is 1. The molecule has 2 atom stereocenters. The summed E-state index contributed by atoms with van der Waals surface area (Å²) in [6.07, 6.45) is -0.493. The van der Waals surface area contributed by atoms with E-state index in [9.17, 15) is 14.0 Å². The number of hydrogen-bond donors (Lipinski definition) is 1. The molecule has 0 spiro atoms. The van der Waals surface area contributed by atoms with Crippen LogP contribution in [0.25, 0.3) is 0 Å². The van der Waals surface area contributed by atoms with Crippen LogP contribution in [0.4, 0.5) is 4.39 Å². The summed E-state index contributed by atoms with van der Waals surface area (Å²) in [6, 6.07) is 20.5. The van der Waals surface area contributed by atoms with Crippen molar-refractivity contribution in [1.29, 1.82) is 0 Å². The van der Waals surface area contributed by atoms with Crippen molar-refractivity contribution in [2.45, 2.75) is 45.8 Å². The van der Waals surface area contributed by atoms with E-state index in [4.69, 9.17) is 14.2 Å². The standard InChI is InChI=1S/C28H28FNO5/c1-18(2)25(30-24(31)13-19-9-5-3-6-10-19)27(32)33-16-21-14-23(29)15-22-17-34-28(35-26(21)22)20-11-7-4-8-12-20/h3-12,14-15,18,25,28H,13,16-17H2,1-2H3,(H,30,31)/t25-,28-/m0/s1. The molecule has 0 aromatic heterocycles. The second kappa shape index (κ2) is 11.1. The van der Waals surface area contributed by atoms with Crippen LogP contribution in [0.5, 0.6) is 5.75 Å². The first kappa shape index (κ1) is 24.4. The number of hydrogen-bond acceptors (Lipinski definition) is 5. The average molecular weight is 478 g/mol. The molecule has 6 nitrogen and oxygen atoms in total. The third kappa shape index (κ3) is 6.25. The maximum atomic E-state index is 14.3. The van der Waals surface area contributed by atoms with Gasteiger partial charge in [0, 0.05) is 16.7 Å². The van der Waals surface area contributed by atoms with Gasteiger partial charge in [-0.25, -0.2) is 9.18 Å². The Bertz CT molecular complexity index is 1170. The molecule has 0 radical (unpaired) electrons. The molecule has 1 amide bonds. The SMILES string of the molecule is CC(C)[C@H](NC(=O)Cc1ccccc1)C(=O)OCc1cc(F)cc2c1O[C@@H](c1ccccc1)OC2. The minimum Gasteiger partial charge on any atom is -0.460 e. The number of benzene rings is 3.